The summed E-state index contributed by atoms with van der Waals surface area (Å²) in [6.07, 6.45) is 0. The van der Waals surface area contributed by atoms with Gasteiger partial charge < -0.3 is 15.0 Å². The molecule has 0 radical (unpaired) electrons. The van der Waals surface area contributed by atoms with Gasteiger partial charge in [0, 0.05) is 37.9 Å². The van der Waals surface area contributed by atoms with Crippen molar-refractivity contribution in [1.29, 1.82) is 0 Å². The summed E-state index contributed by atoms with van der Waals surface area (Å²) in [5.41, 5.74) is 2.06. The lowest BCUT2D eigenvalue weighted by atomic mass is 10.2. The Bertz CT molecular complexity index is 1180. The van der Waals surface area contributed by atoms with Gasteiger partial charge in [-0.1, -0.05) is 29.3 Å². The maximum atomic E-state index is 13.0. The highest BCUT2D eigenvalue weighted by Gasteiger charge is 2.29. The van der Waals surface area contributed by atoms with Crippen LogP contribution in [-0.4, -0.2) is 56.0 Å². The van der Waals surface area contributed by atoms with Crippen LogP contribution in [0.5, 0.6) is 5.75 Å². The van der Waals surface area contributed by atoms with E-state index in [1.165, 1.54) is 9.87 Å². The first kappa shape index (κ1) is 22.3. The number of sulfonamides is 1. The lowest BCUT2D eigenvalue weighted by Crippen LogP contribution is -2.49. The molecule has 168 valence electrons. The lowest BCUT2D eigenvalue weighted by Gasteiger charge is -2.34. The summed E-state index contributed by atoms with van der Waals surface area (Å²) < 4.78 is 32.5. The zero-order valence-electron chi connectivity index (χ0n) is 17.8. The van der Waals surface area contributed by atoms with Crippen molar-refractivity contribution >= 4 is 39.1 Å². The molecule has 1 aliphatic rings. The molecule has 2 aromatic carbocycles. The standard InChI is InChI=1S/C22H24ClN5O3S/c1-16-3-5-17(6-4-16)24-21-15-20(23)25-22(26-21)27-11-13-28(14-12-27)32(29,30)19-9-7-18(31-2)8-10-19/h3-10,15H,11-14H2,1-2H3,(H,24,25,26). The van der Waals surface area contributed by atoms with Gasteiger partial charge in [-0.3, -0.25) is 0 Å². The fourth-order valence-electron chi connectivity index (χ4n) is 3.42. The van der Waals surface area contributed by atoms with E-state index >= 15 is 0 Å². The highest BCUT2D eigenvalue weighted by molar-refractivity contribution is 7.89. The van der Waals surface area contributed by atoms with Gasteiger partial charge in [0.1, 0.15) is 16.7 Å². The molecule has 0 saturated carbocycles. The number of methoxy groups -OCH3 is 1. The van der Waals surface area contributed by atoms with Crippen molar-refractivity contribution < 1.29 is 13.2 Å². The number of aromatic nitrogens is 2. The maximum Gasteiger partial charge on any atom is 0.243 e. The summed E-state index contributed by atoms with van der Waals surface area (Å²) in [4.78, 5) is 11.1. The van der Waals surface area contributed by atoms with E-state index in [-0.39, 0.29) is 4.90 Å². The molecule has 0 unspecified atom stereocenters. The highest BCUT2D eigenvalue weighted by Crippen LogP contribution is 2.24. The van der Waals surface area contributed by atoms with Gasteiger partial charge in [-0.25, -0.2) is 13.4 Å². The molecular formula is C22H24ClN5O3S. The zero-order valence-corrected chi connectivity index (χ0v) is 19.4. The molecule has 2 heterocycles. The minimum Gasteiger partial charge on any atom is -0.497 e. The molecular weight excluding hydrogens is 450 g/mol. The Morgan fingerprint density at radius 1 is 0.969 bits per heavy atom. The Morgan fingerprint density at radius 3 is 2.25 bits per heavy atom. The first-order valence-electron chi connectivity index (χ1n) is 10.1. The number of rotatable bonds is 6. The van der Waals surface area contributed by atoms with E-state index in [1.54, 1.807) is 37.4 Å². The molecule has 0 spiro atoms. The quantitative estimate of drug-likeness (QED) is 0.546. The number of halogens is 1. The molecule has 8 nitrogen and oxygen atoms in total. The van der Waals surface area contributed by atoms with Crippen molar-refractivity contribution in [2.45, 2.75) is 11.8 Å². The second-order valence-electron chi connectivity index (χ2n) is 7.43. The van der Waals surface area contributed by atoms with Gasteiger partial charge in [-0.2, -0.15) is 9.29 Å². The second-order valence-corrected chi connectivity index (χ2v) is 9.76. The molecule has 1 saturated heterocycles. The monoisotopic (exact) mass is 473 g/mol. The third-order valence-corrected chi connectivity index (χ3v) is 7.33. The van der Waals surface area contributed by atoms with E-state index in [0.717, 1.165) is 5.69 Å². The molecule has 4 rings (SSSR count). The van der Waals surface area contributed by atoms with Gasteiger partial charge in [0.25, 0.3) is 0 Å². The minimum atomic E-state index is -3.58. The van der Waals surface area contributed by atoms with Crippen LogP contribution in [0.3, 0.4) is 0 Å². The highest BCUT2D eigenvalue weighted by atomic mass is 35.5. The number of benzene rings is 2. The van der Waals surface area contributed by atoms with Crippen LogP contribution >= 0.6 is 11.6 Å². The van der Waals surface area contributed by atoms with Crippen molar-refractivity contribution in [1.82, 2.24) is 14.3 Å². The Balaban J connectivity index is 1.45. The van der Waals surface area contributed by atoms with E-state index in [0.29, 0.717) is 48.8 Å². The Hall–Kier alpha value is -2.88. The topological polar surface area (TPSA) is 87.7 Å². The lowest BCUT2D eigenvalue weighted by molar-refractivity contribution is 0.382. The van der Waals surface area contributed by atoms with Gasteiger partial charge in [0.15, 0.2) is 0 Å². The van der Waals surface area contributed by atoms with E-state index in [9.17, 15) is 8.42 Å². The number of nitrogens with zero attached hydrogens (tertiary/aromatic N) is 4. The number of aryl methyl sites for hydroxylation is 1. The average Bonchev–Trinajstić information content (AvgIpc) is 2.80. The number of piperazine rings is 1. The first-order chi connectivity index (χ1) is 15.3. The van der Waals surface area contributed by atoms with Crippen LogP contribution in [0.25, 0.3) is 0 Å². The molecule has 1 fully saturated rings. The third-order valence-electron chi connectivity index (χ3n) is 5.23. The largest absolute Gasteiger partial charge is 0.497 e. The fourth-order valence-corrected chi connectivity index (χ4v) is 5.02. The number of ether oxygens (including phenoxy) is 1. The van der Waals surface area contributed by atoms with E-state index in [4.69, 9.17) is 16.3 Å². The second kappa shape index (κ2) is 9.32. The third kappa shape index (κ3) is 4.95. The summed E-state index contributed by atoms with van der Waals surface area (Å²) in [6, 6.07) is 16.0. The smallest absolute Gasteiger partial charge is 0.243 e. The molecule has 1 aliphatic heterocycles. The molecule has 1 aromatic heterocycles. The van der Waals surface area contributed by atoms with Crippen molar-refractivity contribution in [2.24, 2.45) is 0 Å². The van der Waals surface area contributed by atoms with Crippen molar-refractivity contribution in [3.05, 3.63) is 65.3 Å². The molecule has 0 atom stereocenters. The average molecular weight is 474 g/mol. The molecule has 32 heavy (non-hydrogen) atoms. The maximum absolute atomic E-state index is 13.0. The van der Waals surface area contributed by atoms with Crippen LogP contribution in [0, 0.1) is 6.92 Å². The molecule has 3 aromatic rings. The van der Waals surface area contributed by atoms with E-state index in [1.807, 2.05) is 36.1 Å². The molecule has 0 aliphatic carbocycles. The van der Waals surface area contributed by atoms with E-state index in [2.05, 4.69) is 15.3 Å². The number of hydrogen-bond donors (Lipinski definition) is 1. The van der Waals surface area contributed by atoms with Gasteiger partial charge >= 0.3 is 0 Å². The minimum absolute atomic E-state index is 0.246. The number of nitrogens with one attached hydrogen (secondary N) is 1. The van der Waals surface area contributed by atoms with Crippen LogP contribution in [0.1, 0.15) is 5.56 Å². The predicted molar refractivity (Wildman–Crippen MR) is 125 cm³/mol. The first-order valence-corrected chi connectivity index (χ1v) is 11.9. The summed E-state index contributed by atoms with van der Waals surface area (Å²) in [6.45, 7) is 3.59. The molecule has 1 N–H and O–H groups in total. The molecule has 0 amide bonds. The summed E-state index contributed by atoms with van der Waals surface area (Å²) in [7, 11) is -2.04. The predicted octanol–water partition coefficient (Wildman–Crippen LogP) is 3.70. The number of anilines is 3. The fraction of sp³-hybridized carbons (Fsp3) is 0.273. The van der Waals surface area contributed by atoms with Crippen LogP contribution in [0.15, 0.2) is 59.5 Å². The van der Waals surface area contributed by atoms with Crippen molar-refractivity contribution in [3.8, 4) is 5.75 Å². The Labute approximate surface area is 192 Å². The van der Waals surface area contributed by atoms with Gasteiger partial charge in [-0.15, -0.1) is 0 Å². The Morgan fingerprint density at radius 2 is 1.62 bits per heavy atom. The Kier molecular flexibility index (Phi) is 6.50. The summed E-state index contributed by atoms with van der Waals surface area (Å²) in [5, 5.41) is 3.55. The van der Waals surface area contributed by atoms with E-state index < -0.39 is 10.0 Å². The van der Waals surface area contributed by atoms with Crippen molar-refractivity contribution in [3.63, 3.8) is 0 Å². The van der Waals surface area contributed by atoms with Crippen LogP contribution in [-0.2, 0) is 10.0 Å². The number of hydrogen-bond acceptors (Lipinski definition) is 7. The molecule has 0 bridgehead atoms. The summed E-state index contributed by atoms with van der Waals surface area (Å²) >= 11 is 6.23. The SMILES string of the molecule is COc1ccc(S(=O)(=O)N2CCN(c3nc(Cl)cc(Nc4ccc(C)cc4)n3)CC2)cc1. The van der Waals surface area contributed by atoms with Crippen LogP contribution in [0.4, 0.5) is 17.5 Å². The normalized spacial score (nSPS) is 14.9. The van der Waals surface area contributed by atoms with Gasteiger partial charge in [-0.05, 0) is 43.3 Å². The summed E-state index contributed by atoms with van der Waals surface area (Å²) in [5.74, 6) is 1.66. The van der Waals surface area contributed by atoms with Gasteiger partial charge in [0.05, 0.1) is 12.0 Å². The van der Waals surface area contributed by atoms with Crippen molar-refractivity contribution in [2.75, 3.05) is 43.5 Å². The molecule has 10 heteroatoms. The van der Waals surface area contributed by atoms with Crippen LogP contribution < -0.4 is 15.0 Å². The van der Waals surface area contributed by atoms with Crippen LogP contribution in [0.2, 0.25) is 5.15 Å². The van der Waals surface area contributed by atoms with Gasteiger partial charge in [0.2, 0.25) is 16.0 Å². The zero-order chi connectivity index (χ0) is 22.7.